The van der Waals surface area contributed by atoms with Gasteiger partial charge in [0.25, 0.3) is 0 Å². The van der Waals surface area contributed by atoms with Gasteiger partial charge in [-0.05, 0) is 126 Å². The molecule has 0 amide bonds. The number of esters is 3. The fraction of sp³-hybridized carbons (Fsp3) is 0.786. The van der Waals surface area contributed by atoms with E-state index < -0.39 is 11.9 Å². The van der Waals surface area contributed by atoms with Crippen molar-refractivity contribution in [2.45, 2.75) is 205 Å². The van der Waals surface area contributed by atoms with Gasteiger partial charge in [0.05, 0.1) is 17.0 Å². The minimum absolute atomic E-state index is 0.00116. The highest BCUT2D eigenvalue weighted by Crippen LogP contribution is 2.41. The van der Waals surface area contributed by atoms with Crippen molar-refractivity contribution in [3.05, 3.63) is 34.9 Å². The molecule has 4 fully saturated rings. The Morgan fingerprint density at radius 1 is 0.529 bits per heavy atom. The predicted octanol–water partition coefficient (Wildman–Crippen LogP) is 7.74. The molecule has 0 aromatic heterocycles. The second kappa shape index (κ2) is 14.1. The van der Waals surface area contributed by atoms with Gasteiger partial charge in [-0.25, -0.2) is 9.59 Å². The Hall–Kier alpha value is -2.49. The lowest BCUT2D eigenvalue weighted by atomic mass is 9.76. The molecule has 9 heteroatoms. The van der Waals surface area contributed by atoms with Gasteiger partial charge >= 0.3 is 17.9 Å². The van der Waals surface area contributed by atoms with Crippen molar-refractivity contribution in [1.29, 1.82) is 0 Å². The molecule has 1 saturated carbocycles. The molecule has 1 aromatic rings. The van der Waals surface area contributed by atoms with E-state index in [1.165, 1.54) is 0 Å². The first-order chi connectivity index (χ1) is 23.3. The molecule has 51 heavy (non-hydrogen) atoms. The Balaban J connectivity index is 1.36. The molecule has 3 saturated heterocycles. The van der Waals surface area contributed by atoms with Crippen LogP contribution in [-0.4, -0.2) is 69.5 Å². The van der Waals surface area contributed by atoms with Gasteiger partial charge in [0.15, 0.2) is 0 Å². The van der Waals surface area contributed by atoms with Gasteiger partial charge < -0.3 is 30.2 Å². The Bertz CT molecular complexity index is 1420. The number of rotatable bonds is 7. The minimum Gasteiger partial charge on any atom is -0.462 e. The van der Waals surface area contributed by atoms with E-state index in [-0.39, 0.29) is 74.9 Å². The van der Waals surface area contributed by atoms with Crippen molar-refractivity contribution in [2.24, 2.45) is 5.92 Å². The fourth-order valence-electron chi connectivity index (χ4n) is 10.6. The van der Waals surface area contributed by atoms with Crippen LogP contribution in [0.5, 0.6) is 0 Å². The number of carbonyl (C=O) groups excluding carboxylic acids is 3. The van der Waals surface area contributed by atoms with Crippen molar-refractivity contribution >= 4 is 17.9 Å². The lowest BCUT2D eigenvalue weighted by Gasteiger charge is -2.46. The summed E-state index contributed by atoms with van der Waals surface area (Å²) in [5.74, 6) is -1.26. The van der Waals surface area contributed by atoms with Crippen molar-refractivity contribution in [3.8, 4) is 0 Å². The minimum atomic E-state index is -0.488. The van der Waals surface area contributed by atoms with E-state index in [0.29, 0.717) is 56.9 Å². The zero-order valence-electron chi connectivity index (χ0n) is 33.6. The summed E-state index contributed by atoms with van der Waals surface area (Å²) in [4.78, 5) is 41.9. The molecule has 9 nitrogen and oxygen atoms in total. The highest BCUT2D eigenvalue weighted by molar-refractivity contribution is 6.04. The van der Waals surface area contributed by atoms with E-state index in [1.807, 2.05) is 12.1 Å². The molecule has 0 unspecified atom stereocenters. The number of carbonyl (C=O) groups is 3. The van der Waals surface area contributed by atoms with E-state index in [2.05, 4.69) is 99.0 Å². The summed E-state index contributed by atoms with van der Waals surface area (Å²) in [6.07, 6.45) is 6.30. The first-order valence-corrected chi connectivity index (χ1v) is 19.5. The molecule has 0 bridgehead atoms. The van der Waals surface area contributed by atoms with Crippen molar-refractivity contribution < 1.29 is 28.6 Å². The smallest absolute Gasteiger partial charge is 0.339 e. The second-order valence-corrected chi connectivity index (χ2v) is 20.3. The number of nitrogens with one attached hydrogen (secondary N) is 3. The molecule has 0 radical (unpaired) electrons. The monoisotopic (exact) mass is 710 g/mol. The maximum Gasteiger partial charge on any atom is 0.339 e. The van der Waals surface area contributed by atoms with Crippen LogP contribution in [0.1, 0.15) is 179 Å². The van der Waals surface area contributed by atoms with Gasteiger partial charge in [0.1, 0.15) is 18.3 Å². The van der Waals surface area contributed by atoms with Gasteiger partial charge in [-0.3, -0.25) is 4.79 Å². The Morgan fingerprint density at radius 3 is 1.31 bits per heavy atom. The number of benzene rings is 1. The third-order valence-corrected chi connectivity index (χ3v) is 11.3. The first-order valence-electron chi connectivity index (χ1n) is 19.5. The summed E-state index contributed by atoms with van der Waals surface area (Å²) in [6.45, 7) is 25.7. The van der Waals surface area contributed by atoms with Crippen LogP contribution in [-0.2, 0) is 19.0 Å². The topological polar surface area (TPSA) is 115 Å². The molecule has 4 aliphatic rings. The summed E-state index contributed by atoms with van der Waals surface area (Å²) >= 11 is 0. The van der Waals surface area contributed by atoms with Crippen LogP contribution in [0.3, 0.4) is 0 Å². The van der Waals surface area contributed by atoms with Crippen LogP contribution in [0.15, 0.2) is 18.2 Å². The molecule has 3 heterocycles. The first kappa shape index (κ1) is 39.7. The van der Waals surface area contributed by atoms with E-state index in [9.17, 15) is 14.4 Å². The van der Waals surface area contributed by atoms with E-state index in [1.54, 1.807) is 6.07 Å². The Labute approximate surface area is 307 Å². The summed E-state index contributed by atoms with van der Waals surface area (Å²) in [5, 5.41) is 11.0. The Morgan fingerprint density at radius 2 is 0.902 bits per heavy atom. The molecule has 5 rings (SSSR count). The molecule has 286 valence electrons. The maximum absolute atomic E-state index is 14.4. The van der Waals surface area contributed by atoms with Crippen molar-refractivity contribution in [2.75, 3.05) is 0 Å². The predicted molar refractivity (Wildman–Crippen MR) is 201 cm³/mol. The average Bonchev–Trinajstić information content (AvgIpc) is 2.91. The largest absolute Gasteiger partial charge is 0.462 e. The third-order valence-electron chi connectivity index (χ3n) is 11.3. The van der Waals surface area contributed by atoms with Crippen LogP contribution in [0, 0.1) is 5.92 Å². The van der Waals surface area contributed by atoms with Gasteiger partial charge in [-0.2, -0.15) is 0 Å². The quantitative estimate of drug-likeness (QED) is 0.193. The van der Waals surface area contributed by atoms with Gasteiger partial charge in [0, 0.05) is 71.8 Å². The normalized spacial score (nSPS) is 28.7. The summed E-state index contributed by atoms with van der Waals surface area (Å²) in [7, 11) is 0. The van der Waals surface area contributed by atoms with Gasteiger partial charge in [0.2, 0.25) is 0 Å². The second-order valence-electron chi connectivity index (χ2n) is 20.3. The fourth-order valence-corrected chi connectivity index (χ4v) is 10.6. The molecule has 1 aromatic carbocycles. The zero-order valence-corrected chi connectivity index (χ0v) is 33.6. The van der Waals surface area contributed by atoms with Crippen LogP contribution in [0.2, 0.25) is 0 Å². The van der Waals surface area contributed by atoms with Crippen LogP contribution < -0.4 is 16.0 Å². The van der Waals surface area contributed by atoms with E-state index in [4.69, 9.17) is 14.2 Å². The van der Waals surface area contributed by atoms with E-state index in [0.717, 1.165) is 18.4 Å². The summed E-state index contributed by atoms with van der Waals surface area (Å²) in [6, 6.07) is 5.53. The van der Waals surface area contributed by atoms with Crippen LogP contribution in [0.4, 0.5) is 0 Å². The standard InChI is InChI=1S/C42H67N3O6/c1-37(2)20-28(21-38(3,4)43-37)49-34(46)27-18-16-26(17-19-27)31-14-13-15-32(35(47)50-29-22-39(5,6)44-40(7,8)23-29)33(31)36(48)51-30-24-41(9,10)45-42(11,12)25-30/h13-15,26-30,43-45H,16-25H2,1-12H3. The molecule has 3 aliphatic heterocycles. The lowest BCUT2D eigenvalue weighted by molar-refractivity contribution is -0.159. The van der Waals surface area contributed by atoms with Crippen LogP contribution >= 0.6 is 0 Å². The summed E-state index contributed by atoms with van der Waals surface area (Å²) in [5.41, 5.74) is 0.330. The number of hydrogen-bond acceptors (Lipinski definition) is 9. The van der Waals surface area contributed by atoms with Crippen molar-refractivity contribution in [1.82, 2.24) is 16.0 Å². The lowest BCUT2D eigenvalue weighted by Crippen LogP contribution is -2.60. The molecule has 0 atom stereocenters. The molecule has 3 N–H and O–H groups in total. The van der Waals surface area contributed by atoms with Gasteiger partial charge in [-0.1, -0.05) is 12.1 Å². The highest BCUT2D eigenvalue weighted by atomic mass is 16.6. The van der Waals surface area contributed by atoms with Crippen LogP contribution in [0.25, 0.3) is 0 Å². The SMILES string of the molecule is CC1(C)CC(OC(=O)c2cccc(C3CCC(C(=O)OC4CC(C)(C)NC(C)(C)C4)CC3)c2C(=O)OC2CC(C)(C)NC(C)(C)C2)CC(C)(C)N1. The third kappa shape index (κ3) is 10.3. The molecular weight excluding hydrogens is 642 g/mol. The maximum atomic E-state index is 14.4. The highest BCUT2D eigenvalue weighted by Gasteiger charge is 2.44. The van der Waals surface area contributed by atoms with Gasteiger partial charge in [-0.15, -0.1) is 0 Å². The van der Waals surface area contributed by atoms with E-state index >= 15 is 0 Å². The molecule has 0 spiro atoms. The Kier molecular flexibility index (Phi) is 10.9. The molecular formula is C42H67N3O6. The molecule has 1 aliphatic carbocycles. The van der Waals surface area contributed by atoms with Crippen molar-refractivity contribution in [3.63, 3.8) is 0 Å². The number of piperidine rings is 3. The number of hydrogen-bond donors (Lipinski definition) is 3. The summed E-state index contributed by atoms with van der Waals surface area (Å²) < 4.78 is 18.7. The average molecular weight is 710 g/mol. The number of ether oxygens (including phenoxy) is 3. The zero-order chi connectivity index (χ0) is 37.8.